The van der Waals surface area contributed by atoms with Gasteiger partial charge >= 0.3 is 0 Å². The summed E-state index contributed by atoms with van der Waals surface area (Å²) < 4.78 is 0. The van der Waals surface area contributed by atoms with Crippen LogP contribution in [0.2, 0.25) is 0 Å². The van der Waals surface area contributed by atoms with Gasteiger partial charge in [-0.1, -0.05) is 42.5 Å². The molecule has 3 nitrogen and oxygen atoms in total. The normalized spacial score (nSPS) is 26.0. The Bertz CT molecular complexity index is 673. The zero-order chi connectivity index (χ0) is 17.1. The number of rotatable bonds is 6. The predicted octanol–water partition coefficient (Wildman–Crippen LogP) is 3.89. The van der Waals surface area contributed by atoms with Crippen LogP contribution in [-0.4, -0.2) is 35.2 Å². The number of benzene rings is 2. The van der Waals surface area contributed by atoms with E-state index < -0.39 is 0 Å². The summed E-state index contributed by atoms with van der Waals surface area (Å²) in [5.74, 6) is 1.01. The molecule has 2 N–H and O–H groups in total. The van der Waals surface area contributed by atoms with Crippen molar-refractivity contribution in [3.05, 3.63) is 65.7 Å². The molecule has 25 heavy (non-hydrogen) atoms. The average molecular weight is 336 g/mol. The Morgan fingerprint density at radius 2 is 1.72 bits per heavy atom. The molecular weight excluding hydrogens is 308 g/mol. The van der Waals surface area contributed by atoms with Gasteiger partial charge in [0.05, 0.1) is 0 Å². The lowest BCUT2D eigenvalue weighted by atomic mass is 9.85. The van der Waals surface area contributed by atoms with Gasteiger partial charge in [-0.05, 0) is 54.9 Å². The van der Waals surface area contributed by atoms with Crippen molar-refractivity contribution in [3.8, 4) is 5.75 Å². The van der Waals surface area contributed by atoms with Crippen molar-refractivity contribution >= 4 is 0 Å². The third-order valence-corrected chi connectivity index (χ3v) is 5.94. The number of phenols is 1. The molecular formula is C22H28N2O. The largest absolute Gasteiger partial charge is 0.508 e. The summed E-state index contributed by atoms with van der Waals surface area (Å²) in [5.41, 5.74) is 2.67. The molecule has 2 fully saturated rings. The molecule has 132 valence electrons. The van der Waals surface area contributed by atoms with Crippen LogP contribution in [0.5, 0.6) is 5.75 Å². The van der Waals surface area contributed by atoms with E-state index in [4.69, 9.17) is 0 Å². The van der Waals surface area contributed by atoms with Gasteiger partial charge in [-0.25, -0.2) is 0 Å². The van der Waals surface area contributed by atoms with E-state index in [9.17, 15) is 5.11 Å². The molecule has 2 aromatic rings. The van der Waals surface area contributed by atoms with Crippen LogP contribution in [0.4, 0.5) is 0 Å². The lowest BCUT2D eigenvalue weighted by Gasteiger charge is -2.39. The highest BCUT2D eigenvalue weighted by Gasteiger charge is 2.40. The van der Waals surface area contributed by atoms with Crippen LogP contribution in [0.1, 0.15) is 42.7 Å². The fourth-order valence-corrected chi connectivity index (χ4v) is 4.73. The number of phenolic OH excluding ortho intramolecular Hbond substituents is 1. The number of piperidine rings is 1. The molecule has 2 bridgehead atoms. The molecule has 3 atom stereocenters. The summed E-state index contributed by atoms with van der Waals surface area (Å²) in [6.45, 7) is 3.16. The Morgan fingerprint density at radius 3 is 2.44 bits per heavy atom. The fourth-order valence-electron chi connectivity index (χ4n) is 4.73. The van der Waals surface area contributed by atoms with Crippen LogP contribution in [0.3, 0.4) is 0 Å². The van der Waals surface area contributed by atoms with Crippen molar-refractivity contribution in [3.63, 3.8) is 0 Å². The zero-order valence-electron chi connectivity index (χ0n) is 14.8. The summed E-state index contributed by atoms with van der Waals surface area (Å²) >= 11 is 0. The molecule has 2 aliphatic rings. The molecule has 0 spiro atoms. The number of nitrogens with one attached hydrogen (secondary N) is 1. The summed E-state index contributed by atoms with van der Waals surface area (Å²) in [6.07, 6.45) is 5.13. The van der Waals surface area contributed by atoms with Crippen LogP contribution >= 0.6 is 0 Å². The summed E-state index contributed by atoms with van der Waals surface area (Å²) in [7, 11) is 0. The average Bonchev–Trinajstić information content (AvgIpc) is 2.87. The van der Waals surface area contributed by atoms with E-state index >= 15 is 0 Å². The van der Waals surface area contributed by atoms with Gasteiger partial charge < -0.3 is 10.4 Å². The number of fused-ring (bicyclic) bond motifs is 2. The van der Waals surface area contributed by atoms with Crippen LogP contribution < -0.4 is 5.32 Å². The highest BCUT2D eigenvalue weighted by molar-refractivity contribution is 5.30. The monoisotopic (exact) mass is 336 g/mol. The van der Waals surface area contributed by atoms with Crippen LogP contribution in [0.25, 0.3) is 0 Å². The maximum Gasteiger partial charge on any atom is 0.115 e. The van der Waals surface area contributed by atoms with Crippen LogP contribution in [-0.2, 0) is 6.54 Å². The van der Waals surface area contributed by atoms with E-state index in [0.29, 0.717) is 23.8 Å². The second kappa shape index (κ2) is 7.59. The quantitative estimate of drug-likeness (QED) is 0.786. The standard InChI is InChI=1S/C22H28N2O/c25-22-8-4-7-18(15-22)19-13-20-9-10-21(14-19)24(20)12-11-23-16-17-5-2-1-3-6-17/h1-8,15,19-21,23,25H,9-14,16H2/t19-,20+,21-. The Balaban J connectivity index is 1.29. The number of aromatic hydroxyl groups is 1. The van der Waals surface area contributed by atoms with Crippen molar-refractivity contribution in [1.82, 2.24) is 10.2 Å². The minimum absolute atomic E-state index is 0.400. The molecule has 0 radical (unpaired) electrons. The van der Waals surface area contributed by atoms with E-state index in [1.807, 2.05) is 12.1 Å². The molecule has 0 amide bonds. The number of hydrogen-bond acceptors (Lipinski definition) is 3. The Kier molecular flexibility index (Phi) is 5.04. The molecule has 2 aromatic carbocycles. The second-order valence-electron chi connectivity index (χ2n) is 7.55. The summed E-state index contributed by atoms with van der Waals surface area (Å²) in [4.78, 5) is 2.73. The van der Waals surface area contributed by atoms with E-state index in [1.165, 1.54) is 36.8 Å². The van der Waals surface area contributed by atoms with Crippen molar-refractivity contribution in [1.29, 1.82) is 0 Å². The summed E-state index contributed by atoms with van der Waals surface area (Å²) in [6, 6.07) is 19.9. The minimum atomic E-state index is 0.400. The van der Waals surface area contributed by atoms with Gasteiger partial charge in [-0.15, -0.1) is 0 Å². The van der Waals surface area contributed by atoms with Crippen molar-refractivity contribution in [2.75, 3.05) is 13.1 Å². The number of nitrogens with zero attached hydrogens (tertiary/aromatic N) is 1. The van der Waals surface area contributed by atoms with Gasteiger partial charge in [-0.2, -0.15) is 0 Å². The lowest BCUT2D eigenvalue weighted by Crippen LogP contribution is -2.45. The third kappa shape index (κ3) is 3.88. The molecule has 2 saturated heterocycles. The van der Waals surface area contributed by atoms with Gasteiger partial charge in [0.15, 0.2) is 0 Å². The summed E-state index contributed by atoms with van der Waals surface area (Å²) in [5, 5.41) is 13.4. The van der Waals surface area contributed by atoms with Crippen molar-refractivity contribution in [2.24, 2.45) is 0 Å². The smallest absolute Gasteiger partial charge is 0.115 e. The third-order valence-electron chi connectivity index (χ3n) is 5.94. The molecule has 4 rings (SSSR count). The molecule has 0 aromatic heterocycles. The van der Waals surface area contributed by atoms with E-state index in [0.717, 1.165) is 19.6 Å². The first-order valence-electron chi connectivity index (χ1n) is 9.59. The van der Waals surface area contributed by atoms with Crippen molar-refractivity contribution in [2.45, 2.75) is 50.2 Å². The van der Waals surface area contributed by atoms with Crippen LogP contribution in [0.15, 0.2) is 54.6 Å². The first-order valence-corrected chi connectivity index (χ1v) is 9.59. The molecule has 2 heterocycles. The predicted molar refractivity (Wildman–Crippen MR) is 102 cm³/mol. The van der Waals surface area contributed by atoms with E-state index in [1.54, 1.807) is 6.07 Å². The van der Waals surface area contributed by atoms with Crippen LogP contribution in [0, 0.1) is 0 Å². The van der Waals surface area contributed by atoms with Crippen molar-refractivity contribution < 1.29 is 5.11 Å². The second-order valence-corrected chi connectivity index (χ2v) is 7.55. The Hall–Kier alpha value is -1.84. The fraction of sp³-hybridized carbons (Fsp3) is 0.455. The minimum Gasteiger partial charge on any atom is -0.508 e. The number of hydrogen-bond donors (Lipinski definition) is 2. The molecule has 0 saturated carbocycles. The van der Waals surface area contributed by atoms with Gasteiger partial charge in [0.25, 0.3) is 0 Å². The van der Waals surface area contributed by atoms with Gasteiger partial charge in [-0.3, -0.25) is 4.90 Å². The first kappa shape index (κ1) is 16.6. The topological polar surface area (TPSA) is 35.5 Å². The van der Waals surface area contributed by atoms with E-state index in [2.05, 4.69) is 46.6 Å². The molecule has 2 aliphatic heterocycles. The Morgan fingerprint density at radius 1 is 0.960 bits per heavy atom. The molecule has 3 heteroatoms. The van der Waals surface area contributed by atoms with Gasteiger partial charge in [0, 0.05) is 31.7 Å². The van der Waals surface area contributed by atoms with Gasteiger partial charge in [0.2, 0.25) is 0 Å². The first-order chi connectivity index (χ1) is 12.3. The van der Waals surface area contributed by atoms with Gasteiger partial charge in [0.1, 0.15) is 5.75 Å². The molecule has 0 aliphatic carbocycles. The lowest BCUT2D eigenvalue weighted by molar-refractivity contribution is 0.127. The molecule has 0 unspecified atom stereocenters. The van der Waals surface area contributed by atoms with E-state index in [-0.39, 0.29) is 0 Å². The maximum atomic E-state index is 9.76. The zero-order valence-corrected chi connectivity index (χ0v) is 14.8. The SMILES string of the molecule is Oc1cccc([C@H]2C[C@H]3CC[C@@H](C2)N3CCNCc2ccccc2)c1. The maximum absolute atomic E-state index is 9.76. The highest BCUT2D eigenvalue weighted by Crippen LogP contribution is 2.43. The highest BCUT2D eigenvalue weighted by atomic mass is 16.3. The Labute approximate surface area is 150 Å².